The number of H-pyrrole nitrogens is 1. The quantitative estimate of drug-likeness (QED) is 0.435. The van der Waals surface area contributed by atoms with Gasteiger partial charge in [0, 0.05) is 27.1 Å². The Balaban J connectivity index is 1.47. The number of benzene rings is 2. The molecule has 0 aliphatic rings. The number of halogens is 2. The molecule has 5 aromatic rings. The van der Waals surface area contributed by atoms with E-state index in [0.29, 0.717) is 38.0 Å². The van der Waals surface area contributed by atoms with Gasteiger partial charge in [-0.1, -0.05) is 29.8 Å². The van der Waals surface area contributed by atoms with Gasteiger partial charge in [-0.05, 0) is 42.0 Å². The highest BCUT2D eigenvalue weighted by atomic mass is 35.5. The van der Waals surface area contributed by atoms with Crippen LogP contribution in [-0.4, -0.2) is 30.2 Å². The molecule has 3 aromatic heterocycles. The van der Waals surface area contributed by atoms with Crippen molar-refractivity contribution < 1.29 is 4.39 Å². The molecule has 1 N–H and O–H groups in total. The second-order valence-electron chi connectivity index (χ2n) is 6.93. The predicted octanol–water partition coefficient (Wildman–Crippen LogP) is 4.45. The van der Waals surface area contributed by atoms with Crippen molar-refractivity contribution in [3.63, 3.8) is 0 Å². The van der Waals surface area contributed by atoms with Gasteiger partial charge in [-0.25, -0.2) is 9.37 Å². The average Bonchev–Trinajstić information content (AvgIpc) is 3.38. The third-order valence-corrected chi connectivity index (χ3v) is 6.02. The SMILES string of the molecule is Cc1cc(-c2nnn(Cc3nc4scc(-c5ccccc5Cl)c4c(=O)[nH]3)n2)ccc1F. The van der Waals surface area contributed by atoms with Crippen LogP contribution in [0.15, 0.2) is 52.6 Å². The molecule has 2 aromatic carbocycles. The van der Waals surface area contributed by atoms with Crippen LogP contribution in [0.25, 0.3) is 32.7 Å². The number of fused-ring (bicyclic) bond motifs is 1. The van der Waals surface area contributed by atoms with Gasteiger partial charge in [-0.2, -0.15) is 4.80 Å². The van der Waals surface area contributed by atoms with Crippen molar-refractivity contribution in [3.8, 4) is 22.5 Å². The largest absolute Gasteiger partial charge is 0.308 e. The van der Waals surface area contributed by atoms with Crippen LogP contribution in [0, 0.1) is 12.7 Å². The lowest BCUT2D eigenvalue weighted by molar-refractivity contribution is 0.555. The summed E-state index contributed by atoms with van der Waals surface area (Å²) in [5.41, 5.74) is 2.43. The molecular weight excluding hydrogens is 439 g/mol. The third-order valence-electron chi connectivity index (χ3n) is 4.82. The number of aromatic nitrogens is 6. The first-order valence-corrected chi connectivity index (χ1v) is 10.5. The monoisotopic (exact) mass is 452 g/mol. The third kappa shape index (κ3) is 3.62. The maximum Gasteiger partial charge on any atom is 0.260 e. The minimum absolute atomic E-state index is 0.137. The number of tetrazole rings is 1. The maximum atomic E-state index is 13.5. The molecule has 7 nitrogen and oxygen atoms in total. The fourth-order valence-electron chi connectivity index (χ4n) is 3.29. The zero-order chi connectivity index (χ0) is 21.5. The van der Waals surface area contributed by atoms with Crippen LogP contribution in [0.4, 0.5) is 4.39 Å². The van der Waals surface area contributed by atoms with Gasteiger partial charge in [0.1, 0.15) is 23.0 Å². The van der Waals surface area contributed by atoms with Crippen molar-refractivity contribution >= 4 is 33.2 Å². The van der Waals surface area contributed by atoms with E-state index < -0.39 is 0 Å². The van der Waals surface area contributed by atoms with Gasteiger partial charge in [0.15, 0.2) is 0 Å². The van der Waals surface area contributed by atoms with Gasteiger partial charge >= 0.3 is 0 Å². The van der Waals surface area contributed by atoms with Crippen LogP contribution >= 0.6 is 22.9 Å². The van der Waals surface area contributed by atoms with E-state index in [1.807, 2.05) is 23.6 Å². The second-order valence-corrected chi connectivity index (χ2v) is 8.19. The van der Waals surface area contributed by atoms with Crippen molar-refractivity contribution in [2.45, 2.75) is 13.5 Å². The molecule has 0 bridgehead atoms. The van der Waals surface area contributed by atoms with Crippen molar-refractivity contribution in [1.29, 1.82) is 0 Å². The molecule has 31 heavy (non-hydrogen) atoms. The first-order valence-electron chi connectivity index (χ1n) is 9.29. The van der Waals surface area contributed by atoms with E-state index in [1.165, 1.54) is 22.2 Å². The Morgan fingerprint density at radius 1 is 1.19 bits per heavy atom. The summed E-state index contributed by atoms with van der Waals surface area (Å²) in [6.07, 6.45) is 0. The van der Waals surface area contributed by atoms with Gasteiger partial charge in [-0.15, -0.1) is 21.5 Å². The van der Waals surface area contributed by atoms with Gasteiger partial charge in [0.25, 0.3) is 5.56 Å². The highest BCUT2D eigenvalue weighted by Gasteiger charge is 2.16. The van der Waals surface area contributed by atoms with Crippen molar-refractivity contribution in [3.05, 3.63) is 80.4 Å². The Morgan fingerprint density at radius 2 is 2.03 bits per heavy atom. The molecule has 0 saturated carbocycles. The number of aromatic amines is 1. The van der Waals surface area contributed by atoms with Crippen molar-refractivity contribution in [2.75, 3.05) is 0 Å². The summed E-state index contributed by atoms with van der Waals surface area (Å²) in [4.78, 5) is 22.1. The normalized spacial score (nSPS) is 11.3. The lowest BCUT2D eigenvalue weighted by Gasteiger charge is -2.03. The molecule has 3 heterocycles. The number of hydrogen-bond acceptors (Lipinski definition) is 6. The smallest absolute Gasteiger partial charge is 0.260 e. The fourth-order valence-corrected chi connectivity index (χ4v) is 4.48. The molecule has 0 aliphatic heterocycles. The number of nitrogens with one attached hydrogen (secondary N) is 1. The average molecular weight is 453 g/mol. The molecule has 0 fully saturated rings. The van der Waals surface area contributed by atoms with Crippen LogP contribution in [0.2, 0.25) is 5.02 Å². The second kappa shape index (κ2) is 7.68. The van der Waals surface area contributed by atoms with Crippen LogP contribution in [-0.2, 0) is 6.54 Å². The van der Waals surface area contributed by atoms with Crippen LogP contribution in [0.3, 0.4) is 0 Å². The zero-order valence-corrected chi connectivity index (χ0v) is 17.7. The van der Waals surface area contributed by atoms with Gasteiger partial charge < -0.3 is 4.98 Å². The summed E-state index contributed by atoms with van der Waals surface area (Å²) >= 11 is 7.67. The maximum absolute atomic E-state index is 13.5. The fraction of sp³-hybridized carbons (Fsp3) is 0.0952. The van der Waals surface area contributed by atoms with Gasteiger partial charge in [-0.3, -0.25) is 4.79 Å². The Hall–Kier alpha value is -3.43. The molecule has 0 unspecified atom stereocenters. The minimum atomic E-state index is -0.293. The number of aryl methyl sites for hydroxylation is 1. The summed E-state index contributed by atoms with van der Waals surface area (Å²) in [5, 5.41) is 15.3. The standard InChI is InChI=1S/C21H14ClFN6OS/c1-11-8-12(6-7-16(11)23)19-26-28-29(27-19)9-17-24-20(30)18-14(10-31-21(18)25-17)13-4-2-3-5-15(13)22/h2-8,10H,9H2,1H3,(H,24,25,30). The number of rotatable bonds is 4. The molecule has 154 valence electrons. The molecule has 10 heteroatoms. The van der Waals surface area contributed by atoms with E-state index in [9.17, 15) is 9.18 Å². The van der Waals surface area contributed by atoms with Crippen LogP contribution in [0.1, 0.15) is 11.4 Å². The first-order chi connectivity index (χ1) is 15.0. The van der Waals surface area contributed by atoms with E-state index in [-0.39, 0.29) is 17.9 Å². The van der Waals surface area contributed by atoms with E-state index in [0.717, 1.165) is 11.1 Å². The lowest BCUT2D eigenvalue weighted by atomic mass is 10.1. The summed E-state index contributed by atoms with van der Waals surface area (Å²) in [6, 6.07) is 12.0. The number of nitrogens with zero attached hydrogens (tertiary/aromatic N) is 5. The Bertz CT molecular complexity index is 1490. The zero-order valence-electron chi connectivity index (χ0n) is 16.1. The van der Waals surface area contributed by atoms with Crippen LogP contribution in [0.5, 0.6) is 0 Å². The molecule has 0 radical (unpaired) electrons. The van der Waals surface area contributed by atoms with Crippen molar-refractivity contribution in [1.82, 2.24) is 30.2 Å². The van der Waals surface area contributed by atoms with E-state index in [4.69, 9.17) is 11.6 Å². The van der Waals surface area contributed by atoms with Crippen molar-refractivity contribution in [2.24, 2.45) is 0 Å². The van der Waals surface area contributed by atoms with Crippen LogP contribution < -0.4 is 5.56 Å². The summed E-state index contributed by atoms with van der Waals surface area (Å²) < 4.78 is 13.5. The molecule has 0 aliphatic carbocycles. The lowest BCUT2D eigenvalue weighted by Crippen LogP contribution is -2.15. The van der Waals surface area contributed by atoms with E-state index >= 15 is 0 Å². The highest BCUT2D eigenvalue weighted by Crippen LogP contribution is 2.34. The van der Waals surface area contributed by atoms with Gasteiger partial charge in [0.05, 0.1) is 5.39 Å². The highest BCUT2D eigenvalue weighted by molar-refractivity contribution is 7.17. The molecular formula is C21H14ClFN6OS. The molecule has 0 saturated heterocycles. The molecule has 0 amide bonds. The minimum Gasteiger partial charge on any atom is -0.308 e. The van der Waals surface area contributed by atoms with E-state index in [2.05, 4.69) is 25.4 Å². The summed E-state index contributed by atoms with van der Waals surface area (Å²) in [6.45, 7) is 1.81. The topological polar surface area (TPSA) is 89.4 Å². The molecule has 0 atom stereocenters. The first kappa shape index (κ1) is 19.5. The predicted molar refractivity (Wildman–Crippen MR) is 118 cm³/mol. The molecule has 0 spiro atoms. The number of thiophene rings is 1. The van der Waals surface area contributed by atoms with Gasteiger partial charge in [0.2, 0.25) is 5.82 Å². The summed E-state index contributed by atoms with van der Waals surface area (Å²) in [7, 11) is 0. The number of hydrogen-bond donors (Lipinski definition) is 1. The summed E-state index contributed by atoms with van der Waals surface area (Å²) in [5.74, 6) is 0.478. The Morgan fingerprint density at radius 3 is 2.84 bits per heavy atom. The Labute approximate surface area is 184 Å². The van der Waals surface area contributed by atoms with E-state index in [1.54, 1.807) is 25.1 Å². The molecule has 5 rings (SSSR count). The Kier molecular flexibility index (Phi) is 4.84.